The van der Waals surface area contributed by atoms with Crippen molar-refractivity contribution in [3.8, 4) is 5.69 Å². The van der Waals surface area contributed by atoms with E-state index in [1.165, 1.54) is 4.68 Å². The number of hydrogen-bond donors (Lipinski definition) is 0. The van der Waals surface area contributed by atoms with Gasteiger partial charge in [0.1, 0.15) is 11.6 Å². The average molecular weight is 231 g/mol. The van der Waals surface area contributed by atoms with E-state index < -0.39 is 11.6 Å². The summed E-state index contributed by atoms with van der Waals surface area (Å²) in [5.74, 6) is -1.01. The molecule has 7 heteroatoms. The largest absolute Gasteiger partial charge is 0.207 e. The average Bonchev–Trinajstić information content (AvgIpc) is 2.63. The van der Waals surface area contributed by atoms with E-state index in [0.29, 0.717) is 5.82 Å². The lowest BCUT2D eigenvalue weighted by atomic mass is 10.3. The molecule has 0 saturated carbocycles. The highest BCUT2D eigenvalue weighted by Gasteiger charge is 2.09. The highest BCUT2D eigenvalue weighted by atomic mass is 35.5. The third-order valence-corrected chi connectivity index (χ3v) is 1.98. The molecule has 1 aromatic heterocycles. The van der Waals surface area contributed by atoms with Crippen molar-refractivity contribution in [2.75, 3.05) is 0 Å². The minimum atomic E-state index is -0.693. The number of halogens is 3. The maximum atomic E-state index is 12.9. The minimum absolute atomic E-state index is 0.0606. The summed E-state index contributed by atoms with van der Waals surface area (Å²) in [6.07, 6.45) is 0. The second-order valence-electron chi connectivity index (χ2n) is 2.77. The van der Waals surface area contributed by atoms with Crippen molar-refractivity contribution in [1.29, 1.82) is 0 Å². The lowest BCUT2D eigenvalue weighted by Crippen LogP contribution is -2.02. The quantitative estimate of drug-likeness (QED) is 0.738. The van der Waals surface area contributed by atoms with Crippen LogP contribution in [0.2, 0.25) is 0 Å². The van der Waals surface area contributed by atoms with Gasteiger partial charge in [0, 0.05) is 6.07 Å². The molecule has 0 aliphatic carbocycles. The molecule has 0 radical (unpaired) electrons. The number of nitrogens with zero attached hydrogens (tertiary/aromatic N) is 4. The van der Waals surface area contributed by atoms with Crippen molar-refractivity contribution in [1.82, 2.24) is 20.2 Å². The standard InChI is InChI=1S/C8H5ClF2N4/c9-4-8-12-13-14-15(8)7-2-5(10)1-6(11)3-7/h1-3H,4H2. The smallest absolute Gasteiger partial charge is 0.171 e. The topological polar surface area (TPSA) is 43.6 Å². The molecule has 0 fully saturated rings. The number of alkyl halides is 1. The van der Waals surface area contributed by atoms with Crippen LogP contribution in [0.25, 0.3) is 5.69 Å². The van der Waals surface area contributed by atoms with Crippen LogP contribution in [-0.2, 0) is 5.88 Å². The zero-order valence-electron chi connectivity index (χ0n) is 7.36. The summed E-state index contributed by atoms with van der Waals surface area (Å²) in [7, 11) is 0. The third-order valence-electron chi connectivity index (χ3n) is 1.75. The normalized spacial score (nSPS) is 10.6. The van der Waals surface area contributed by atoms with Gasteiger partial charge < -0.3 is 0 Å². The Kier molecular flexibility index (Phi) is 2.59. The van der Waals surface area contributed by atoms with Crippen molar-refractivity contribution < 1.29 is 8.78 Å². The van der Waals surface area contributed by atoms with Gasteiger partial charge in [-0.1, -0.05) is 0 Å². The van der Waals surface area contributed by atoms with Gasteiger partial charge in [0.25, 0.3) is 0 Å². The first-order valence-electron chi connectivity index (χ1n) is 4.00. The van der Waals surface area contributed by atoms with E-state index in [4.69, 9.17) is 11.6 Å². The van der Waals surface area contributed by atoms with Crippen LogP contribution in [0.15, 0.2) is 18.2 Å². The Morgan fingerprint density at radius 1 is 1.20 bits per heavy atom. The van der Waals surface area contributed by atoms with E-state index in [2.05, 4.69) is 15.5 Å². The third kappa shape index (κ3) is 1.94. The zero-order valence-corrected chi connectivity index (χ0v) is 8.12. The fraction of sp³-hybridized carbons (Fsp3) is 0.125. The summed E-state index contributed by atoms with van der Waals surface area (Å²) < 4.78 is 27.0. The van der Waals surface area contributed by atoms with Gasteiger partial charge in [0.2, 0.25) is 0 Å². The van der Waals surface area contributed by atoms with E-state index in [0.717, 1.165) is 18.2 Å². The monoisotopic (exact) mass is 230 g/mol. The molecule has 0 atom stereocenters. The summed E-state index contributed by atoms with van der Waals surface area (Å²) in [6.45, 7) is 0. The van der Waals surface area contributed by atoms with E-state index in [1.54, 1.807) is 0 Å². The van der Waals surface area contributed by atoms with E-state index in [9.17, 15) is 8.78 Å². The Morgan fingerprint density at radius 2 is 1.87 bits per heavy atom. The fourth-order valence-electron chi connectivity index (χ4n) is 1.15. The first-order valence-corrected chi connectivity index (χ1v) is 4.54. The van der Waals surface area contributed by atoms with Crippen LogP contribution < -0.4 is 0 Å². The van der Waals surface area contributed by atoms with Crippen LogP contribution >= 0.6 is 11.6 Å². The highest BCUT2D eigenvalue weighted by molar-refractivity contribution is 6.16. The van der Waals surface area contributed by atoms with Gasteiger partial charge in [0.15, 0.2) is 5.82 Å². The molecule has 1 aromatic carbocycles. The molecule has 2 aromatic rings. The van der Waals surface area contributed by atoms with Crippen LogP contribution in [0.3, 0.4) is 0 Å². The summed E-state index contributed by atoms with van der Waals surface area (Å²) in [5.41, 5.74) is 0.202. The first-order chi connectivity index (χ1) is 7.20. The number of tetrazole rings is 1. The van der Waals surface area contributed by atoms with Crippen LogP contribution in [0, 0.1) is 11.6 Å². The summed E-state index contributed by atoms with van der Waals surface area (Å²) in [5, 5.41) is 10.5. The van der Waals surface area contributed by atoms with Gasteiger partial charge in [-0.25, -0.2) is 8.78 Å². The molecule has 0 aliphatic heterocycles. The minimum Gasteiger partial charge on any atom is -0.207 e. The molecule has 0 aliphatic rings. The van der Waals surface area contributed by atoms with Gasteiger partial charge in [0.05, 0.1) is 11.6 Å². The molecule has 0 spiro atoms. The second-order valence-corrected chi connectivity index (χ2v) is 3.04. The molecule has 0 saturated heterocycles. The molecule has 0 amide bonds. The lowest BCUT2D eigenvalue weighted by molar-refractivity contribution is 0.579. The van der Waals surface area contributed by atoms with Crippen LogP contribution in [0.1, 0.15) is 5.82 Å². The highest BCUT2D eigenvalue weighted by Crippen LogP contribution is 2.13. The van der Waals surface area contributed by atoms with Crippen molar-refractivity contribution >= 4 is 11.6 Å². The van der Waals surface area contributed by atoms with Crippen molar-refractivity contribution in [2.24, 2.45) is 0 Å². The Hall–Kier alpha value is -1.56. The Labute approximate surface area is 88.5 Å². The molecule has 0 unspecified atom stereocenters. The van der Waals surface area contributed by atoms with Gasteiger partial charge >= 0.3 is 0 Å². The first kappa shape index (κ1) is 9.97. The number of benzene rings is 1. The maximum absolute atomic E-state index is 12.9. The number of rotatable bonds is 2. The van der Waals surface area contributed by atoms with Gasteiger partial charge in [-0.15, -0.1) is 16.7 Å². The van der Waals surface area contributed by atoms with Crippen LogP contribution in [0.5, 0.6) is 0 Å². The van der Waals surface area contributed by atoms with E-state index >= 15 is 0 Å². The van der Waals surface area contributed by atoms with E-state index in [-0.39, 0.29) is 11.6 Å². The Balaban J connectivity index is 2.53. The van der Waals surface area contributed by atoms with Crippen molar-refractivity contribution in [3.05, 3.63) is 35.7 Å². The second kappa shape index (κ2) is 3.90. The molecule has 1 heterocycles. The predicted molar refractivity (Wildman–Crippen MR) is 48.6 cm³/mol. The Morgan fingerprint density at radius 3 is 2.47 bits per heavy atom. The summed E-state index contributed by atoms with van der Waals surface area (Å²) in [6, 6.07) is 3.01. The van der Waals surface area contributed by atoms with Crippen LogP contribution in [0.4, 0.5) is 8.78 Å². The number of aromatic nitrogens is 4. The number of hydrogen-bond acceptors (Lipinski definition) is 3. The molecule has 0 N–H and O–H groups in total. The Bertz CT molecular complexity index is 465. The molecule has 2 rings (SSSR count). The van der Waals surface area contributed by atoms with E-state index in [1.807, 2.05) is 0 Å². The molecule has 0 bridgehead atoms. The molecule has 15 heavy (non-hydrogen) atoms. The molecule has 4 nitrogen and oxygen atoms in total. The van der Waals surface area contributed by atoms with Gasteiger partial charge in [-0.05, 0) is 22.6 Å². The van der Waals surface area contributed by atoms with Gasteiger partial charge in [-0.3, -0.25) is 0 Å². The SMILES string of the molecule is Fc1cc(F)cc(-n2nnnc2CCl)c1. The van der Waals surface area contributed by atoms with Crippen LogP contribution in [-0.4, -0.2) is 20.2 Å². The maximum Gasteiger partial charge on any atom is 0.171 e. The summed E-state index contributed by atoms with van der Waals surface area (Å²) in [4.78, 5) is 0. The van der Waals surface area contributed by atoms with Crippen molar-refractivity contribution in [3.63, 3.8) is 0 Å². The van der Waals surface area contributed by atoms with Gasteiger partial charge in [-0.2, -0.15) is 4.68 Å². The molecular weight excluding hydrogens is 226 g/mol. The summed E-state index contributed by atoms with van der Waals surface area (Å²) >= 11 is 5.55. The zero-order chi connectivity index (χ0) is 10.8. The molecule has 78 valence electrons. The predicted octanol–water partition coefficient (Wildman–Crippen LogP) is 1.68. The fourth-order valence-corrected chi connectivity index (χ4v) is 1.32. The molecular formula is C8H5ClF2N4. The lowest BCUT2D eigenvalue weighted by Gasteiger charge is -2.02. The van der Waals surface area contributed by atoms with Crippen molar-refractivity contribution in [2.45, 2.75) is 5.88 Å².